The molecule has 1 amide bonds. The molecule has 160 valence electrons. The lowest BCUT2D eigenvalue weighted by atomic mass is 10.00. The van der Waals surface area contributed by atoms with Crippen LogP contribution in [0.3, 0.4) is 0 Å². The molecular weight excluding hydrogens is 386 g/mol. The van der Waals surface area contributed by atoms with Crippen LogP contribution in [0.2, 0.25) is 0 Å². The molecule has 1 fully saturated rings. The highest BCUT2D eigenvalue weighted by atomic mass is 16.5. The quantitative estimate of drug-likeness (QED) is 0.657. The lowest BCUT2D eigenvalue weighted by Gasteiger charge is -2.35. The molecule has 2 aromatic carbocycles. The van der Waals surface area contributed by atoms with Crippen LogP contribution in [0.25, 0.3) is 11.1 Å². The average molecular weight is 416 g/mol. The van der Waals surface area contributed by atoms with Gasteiger partial charge in [-0.1, -0.05) is 42.5 Å². The maximum atomic E-state index is 12.2. The highest BCUT2D eigenvalue weighted by Crippen LogP contribution is 2.28. The van der Waals surface area contributed by atoms with Crippen LogP contribution in [0.4, 0.5) is 5.69 Å². The molecule has 1 atom stereocenters. The summed E-state index contributed by atoms with van der Waals surface area (Å²) in [6.07, 6.45) is 2.14. The van der Waals surface area contributed by atoms with E-state index >= 15 is 0 Å². The first kappa shape index (κ1) is 21.1. The van der Waals surface area contributed by atoms with Crippen LogP contribution >= 0.6 is 0 Å². The van der Waals surface area contributed by atoms with Crippen LogP contribution < -0.4 is 10.2 Å². The van der Waals surface area contributed by atoms with E-state index in [0.29, 0.717) is 12.6 Å². The number of nitrogens with one attached hydrogen (secondary N) is 1. The molecule has 1 saturated heterocycles. The summed E-state index contributed by atoms with van der Waals surface area (Å²) < 4.78 is 5.55. The lowest BCUT2D eigenvalue weighted by molar-refractivity contribution is -0.120. The van der Waals surface area contributed by atoms with Crippen molar-refractivity contribution < 1.29 is 9.53 Å². The topological polar surface area (TPSA) is 54.5 Å². The summed E-state index contributed by atoms with van der Waals surface area (Å²) in [5, 5.41) is 2.95. The Balaban J connectivity index is 1.39. The molecule has 0 radical (unpaired) electrons. The number of benzene rings is 2. The monoisotopic (exact) mass is 415 g/mol. The van der Waals surface area contributed by atoms with E-state index in [1.165, 1.54) is 11.3 Å². The van der Waals surface area contributed by atoms with Gasteiger partial charge in [0.15, 0.2) is 0 Å². The Hall–Kier alpha value is -3.18. The van der Waals surface area contributed by atoms with Crippen LogP contribution in [0.5, 0.6) is 0 Å². The number of nitrogens with zero attached hydrogens (tertiary/aromatic N) is 2. The molecule has 5 heteroatoms. The van der Waals surface area contributed by atoms with Gasteiger partial charge in [0.2, 0.25) is 5.91 Å². The molecule has 1 aromatic heterocycles. The van der Waals surface area contributed by atoms with Crippen molar-refractivity contribution in [2.45, 2.75) is 32.9 Å². The zero-order valence-electron chi connectivity index (χ0n) is 18.2. The van der Waals surface area contributed by atoms with Crippen molar-refractivity contribution in [3.63, 3.8) is 0 Å². The third kappa shape index (κ3) is 5.30. The van der Waals surface area contributed by atoms with Crippen LogP contribution in [0, 0.1) is 6.92 Å². The van der Waals surface area contributed by atoms with E-state index in [1.54, 1.807) is 0 Å². The zero-order chi connectivity index (χ0) is 21.6. The molecule has 1 aliphatic heterocycles. The number of ether oxygens (including phenoxy) is 1. The fourth-order valence-electron chi connectivity index (χ4n) is 3.97. The summed E-state index contributed by atoms with van der Waals surface area (Å²) in [4.78, 5) is 19.2. The van der Waals surface area contributed by atoms with E-state index in [9.17, 15) is 4.79 Å². The fourth-order valence-corrected chi connectivity index (χ4v) is 3.97. The molecule has 0 saturated carbocycles. The molecule has 5 nitrogen and oxygen atoms in total. The van der Waals surface area contributed by atoms with E-state index in [0.717, 1.165) is 42.1 Å². The van der Waals surface area contributed by atoms with Crippen molar-refractivity contribution >= 4 is 11.6 Å². The maximum Gasteiger partial charge on any atom is 0.226 e. The summed E-state index contributed by atoms with van der Waals surface area (Å²) in [6.45, 7) is 7.32. The second-order valence-corrected chi connectivity index (χ2v) is 8.09. The predicted molar refractivity (Wildman–Crippen MR) is 124 cm³/mol. The van der Waals surface area contributed by atoms with Gasteiger partial charge in [-0.15, -0.1) is 0 Å². The number of pyridine rings is 1. The molecule has 31 heavy (non-hydrogen) atoms. The van der Waals surface area contributed by atoms with Gasteiger partial charge in [0.25, 0.3) is 0 Å². The highest BCUT2D eigenvalue weighted by Gasteiger charge is 2.19. The Bertz CT molecular complexity index is 1020. The number of hydrogen-bond donors (Lipinski definition) is 1. The normalized spacial score (nSPS) is 16.2. The third-order valence-electron chi connectivity index (χ3n) is 5.72. The second-order valence-electron chi connectivity index (χ2n) is 8.09. The Morgan fingerprint density at radius 2 is 2.00 bits per heavy atom. The van der Waals surface area contributed by atoms with Crippen molar-refractivity contribution in [2.24, 2.45) is 0 Å². The fraction of sp³-hybridized carbons (Fsp3) is 0.308. The summed E-state index contributed by atoms with van der Waals surface area (Å²) >= 11 is 0. The number of morpholine rings is 1. The van der Waals surface area contributed by atoms with Crippen molar-refractivity contribution in [1.29, 1.82) is 0 Å². The predicted octanol–water partition coefficient (Wildman–Crippen LogP) is 4.14. The molecule has 0 unspecified atom stereocenters. The van der Waals surface area contributed by atoms with Gasteiger partial charge in [-0.2, -0.15) is 0 Å². The molecule has 1 aliphatic rings. The highest BCUT2D eigenvalue weighted by molar-refractivity contribution is 5.78. The largest absolute Gasteiger partial charge is 0.377 e. The summed E-state index contributed by atoms with van der Waals surface area (Å²) in [7, 11) is 0. The summed E-state index contributed by atoms with van der Waals surface area (Å²) in [5.41, 5.74) is 6.53. The van der Waals surface area contributed by atoms with Gasteiger partial charge < -0.3 is 15.0 Å². The van der Waals surface area contributed by atoms with Crippen LogP contribution in [-0.4, -0.2) is 36.7 Å². The molecule has 0 spiro atoms. The smallest absolute Gasteiger partial charge is 0.226 e. The van der Waals surface area contributed by atoms with Gasteiger partial charge in [-0.3, -0.25) is 9.78 Å². The van der Waals surface area contributed by atoms with Gasteiger partial charge in [0.05, 0.1) is 19.6 Å². The SMILES string of the molecule is Cc1cc(N2CCOC[C@@H]2C)ccc1-c1ccc(CC(=O)NCc2ccccc2)nc1. The zero-order valence-corrected chi connectivity index (χ0v) is 18.2. The maximum absolute atomic E-state index is 12.2. The Labute approximate surface area is 184 Å². The van der Waals surface area contributed by atoms with E-state index in [-0.39, 0.29) is 12.3 Å². The molecular formula is C26H29N3O2. The van der Waals surface area contributed by atoms with Gasteiger partial charge in [-0.25, -0.2) is 0 Å². The number of aromatic nitrogens is 1. The van der Waals surface area contributed by atoms with E-state index < -0.39 is 0 Å². The van der Waals surface area contributed by atoms with E-state index in [4.69, 9.17) is 4.74 Å². The minimum absolute atomic E-state index is 0.0238. The number of aryl methyl sites for hydroxylation is 1. The number of carbonyl (C=O) groups is 1. The summed E-state index contributed by atoms with van der Waals surface area (Å²) in [5.74, 6) is -0.0238. The van der Waals surface area contributed by atoms with E-state index in [1.807, 2.05) is 48.7 Å². The minimum atomic E-state index is -0.0238. The second kappa shape index (κ2) is 9.75. The number of rotatable bonds is 6. The van der Waals surface area contributed by atoms with Gasteiger partial charge in [0, 0.05) is 42.3 Å². The molecule has 2 heterocycles. The van der Waals surface area contributed by atoms with Gasteiger partial charge in [0.1, 0.15) is 0 Å². The standard InChI is InChI=1S/C26H29N3O2/c1-19-14-24(29-12-13-31-18-20(29)2)10-11-25(19)22-8-9-23(27-17-22)15-26(30)28-16-21-6-4-3-5-7-21/h3-11,14,17,20H,12-13,15-16,18H2,1-2H3,(H,28,30)/t20-/m0/s1. The first-order valence-corrected chi connectivity index (χ1v) is 10.8. The minimum Gasteiger partial charge on any atom is -0.377 e. The number of carbonyl (C=O) groups excluding carboxylic acids is 1. The molecule has 3 aromatic rings. The van der Waals surface area contributed by atoms with Crippen LogP contribution in [0.1, 0.15) is 23.7 Å². The van der Waals surface area contributed by atoms with Crippen molar-refractivity contribution in [3.8, 4) is 11.1 Å². The number of amides is 1. The van der Waals surface area contributed by atoms with Crippen LogP contribution in [0.15, 0.2) is 66.9 Å². The van der Waals surface area contributed by atoms with Crippen LogP contribution in [-0.2, 0) is 22.5 Å². The first-order chi connectivity index (χ1) is 15.1. The first-order valence-electron chi connectivity index (χ1n) is 10.8. The Morgan fingerprint density at radius 1 is 1.16 bits per heavy atom. The van der Waals surface area contributed by atoms with Crippen molar-refractivity contribution in [1.82, 2.24) is 10.3 Å². The number of anilines is 1. The molecule has 4 rings (SSSR count). The molecule has 0 aliphatic carbocycles. The van der Waals surface area contributed by atoms with E-state index in [2.05, 4.69) is 47.2 Å². The average Bonchev–Trinajstić information content (AvgIpc) is 2.79. The molecule has 0 bridgehead atoms. The van der Waals surface area contributed by atoms with Gasteiger partial charge >= 0.3 is 0 Å². The Morgan fingerprint density at radius 3 is 2.71 bits per heavy atom. The van der Waals surface area contributed by atoms with Gasteiger partial charge in [-0.05, 0) is 48.7 Å². The lowest BCUT2D eigenvalue weighted by Crippen LogP contribution is -2.43. The Kier molecular flexibility index (Phi) is 6.63. The van der Waals surface area contributed by atoms with Crippen molar-refractivity contribution in [2.75, 3.05) is 24.7 Å². The summed E-state index contributed by atoms with van der Waals surface area (Å²) in [6, 6.07) is 20.9. The third-order valence-corrected chi connectivity index (χ3v) is 5.72. The number of hydrogen-bond acceptors (Lipinski definition) is 4. The van der Waals surface area contributed by atoms with Crippen molar-refractivity contribution in [3.05, 3.63) is 83.7 Å². The molecule has 1 N–H and O–H groups in total.